The molecule has 136 valence electrons. The fraction of sp³-hybridized carbons (Fsp3) is 0.929. The van der Waals surface area contributed by atoms with E-state index in [4.69, 9.17) is 0 Å². The SMILES string of the molecule is Cl.O=C(CCC1CCNCC1)NCCS(=O)(=O)N1CCSCC1. The number of carbonyl (C=O) groups is 1. The highest BCUT2D eigenvalue weighted by molar-refractivity contribution is 7.99. The van der Waals surface area contributed by atoms with Crippen LogP contribution in [-0.4, -0.2) is 68.6 Å². The second kappa shape index (κ2) is 10.8. The largest absolute Gasteiger partial charge is 0.355 e. The Bertz CT molecular complexity index is 450. The summed E-state index contributed by atoms with van der Waals surface area (Å²) in [4.78, 5) is 11.8. The Morgan fingerprint density at radius 1 is 1.22 bits per heavy atom. The van der Waals surface area contributed by atoms with Gasteiger partial charge in [-0.15, -0.1) is 12.4 Å². The Labute approximate surface area is 150 Å². The lowest BCUT2D eigenvalue weighted by atomic mass is 9.93. The minimum Gasteiger partial charge on any atom is -0.355 e. The van der Waals surface area contributed by atoms with Crippen LogP contribution < -0.4 is 10.6 Å². The number of nitrogens with one attached hydrogen (secondary N) is 2. The van der Waals surface area contributed by atoms with Gasteiger partial charge in [0.25, 0.3) is 0 Å². The number of thioether (sulfide) groups is 1. The minimum absolute atomic E-state index is 0. The van der Waals surface area contributed by atoms with Gasteiger partial charge >= 0.3 is 0 Å². The first-order chi connectivity index (χ1) is 10.6. The van der Waals surface area contributed by atoms with Crippen LogP contribution in [0.5, 0.6) is 0 Å². The van der Waals surface area contributed by atoms with Gasteiger partial charge in [-0.3, -0.25) is 4.79 Å². The van der Waals surface area contributed by atoms with Crippen molar-refractivity contribution in [1.29, 1.82) is 0 Å². The van der Waals surface area contributed by atoms with Gasteiger partial charge in [-0.05, 0) is 38.3 Å². The predicted octanol–water partition coefficient (Wildman–Crippen LogP) is 0.683. The van der Waals surface area contributed by atoms with Crippen LogP contribution in [0.2, 0.25) is 0 Å². The third-order valence-electron chi connectivity index (χ3n) is 4.28. The number of halogens is 1. The zero-order valence-corrected chi connectivity index (χ0v) is 15.9. The molecule has 2 rings (SSSR count). The van der Waals surface area contributed by atoms with E-state index in [1.807, 2.05) is 0 Å². The van der Waals surface area contributed by atoms with E-state index in [-0.39, 0.29) is 30.6 Å². The molecule has 23 heavy (non-hydrogen) atoms. The van der Waals surface area contributed by atoms with Gasteiger partial charge in [-0.25, -0.2) is 12.7 Å². The van der Waals surface area contributed by atoms with Gasteiger partial charge in [0, 0.05) is 37.6 Å². The third-order valence-corrected chi connectivity index (χ3v) is 7.10. The summed E-state index contributed by atoms with van der Waals surface area (Å²) in [6.07, 6.45) is 3.68. The average Bonchev–Trinajstić information content (AvgIpc) is 2.54. The molecule has 0 aliphatic carbocycles. The first-order valence-electron chi connectivity index (χ1n) is 8.11. The molecular weight excluding hydrogens is 358 g/mol. The standard InChI is InChI=1S/C14H27N3O3S2.ClH/c18-14(2-1-13-3-5-15-6-4-13)16-7-12-22(19,20)17-8-10-21-11-9-17;/h13,15H,1-12H2,(H,16,18);1H. The molecule has 9 heteroatoms. The maximum absolute atomic E-state index is 12.1. The van der Waals surface area contributed by atoms with E-state index in [1.54, 1.807) is 16.1 Å². The molecule has 0 saturated carbocycles. The summed E-state index contributed by atoms with van der Waals surface area (Å²) < 4.78 is 25.8. The number of hydrogen-bond acceptors (Lipinski definition) is 5. The molecule has 6 nitrogen and oxygen atoms in total. The van der Waals surface area contributed by atoms with Crippen molar-refractivity contribution in [3.63, 3.8) is 0 Å². The van der Waals surface area contributed by atoms with Crippen LogP contribution in [0, 0.1) is 5.92 Å². The van der Waals surface area contributed by atoms with Gasteiger partial charge in [-0.2, -0.15) is 11.8 Å². The summed E-state index contributed by atoms with van der Waals surface area (Å²) in [6, 6.07) is 0. The number of piperidine rings is 1. The molecular formula is C14H28ClN3O3S2. The van der Waals surface area contributed by atoms with Crippen molar-refractivity contribution in [3.8, 4) is 0 Å². The molecule has 2 N–H and O–H groups in total. The summed E-state index contributed by atoms with van der Waals surface area (Å²) in [6.45, 7) is 3.49. The Kier molecular flexibility index (Phi) is 9.84. The molecule has 0 aromatic heterocycles. The van der Waals surface area contributed by atoms with Crippen LogP contribution in [0.4, 0.5) is 0 Å². The zero-order valence-electron chi connectivity index (χ0n) is 13.5. The molecule has 0 aromatic carbocycles. The van der Waals surface area contributed by atoms with E-state index in [2.05, 4.69) is 10.6 Å². The van der Waals surface area contributed by atoms with E-state index in [0.717, 1.165) is 43.9 Å². The predicted molar refractivity (Wildman–Crippen MR) is 97.8 cm³/mol. The fourth-order valence-corrected chi connectivity index (χ4v) is 5.36. The van der Waals surface area contributed by atoms with Gasteiger partial charge in [0.1, 0.15) is 0 Å². The maximum atomic E-state index is 12.1. The number of nitrogens with zero attached hydrogens (tertiary/aromatic N) is 1. The summed E-state index contributed by atoms with van der Waals surface area (Å²) in [5, 5.41) is 6.06. The normalized spacial score (nSPS) is 20.7. The third kappa shape index (κ3) is 7.60. The first-order valence-corrected chi connectivity index (χ1v) is 10.9. The van der Waals surface area contributed by atoms with E-state index < -0.39 is 10.0 Å². The summed E-state index contributed by atoms with van der Waals surface area (Å²) >= 11 is 1.78. The summed E-state index contributed by atoms with van der Waals surface area (Å²) in [5.74, 6) is 2.34. The molecule has 2 saturated heterocycles. The monoisotopic (exact) mass is 385 g/mol. The lowest BCUT2D eigenvalue weighted by molar-refractivity contribution is -0.121. The molecule has 0 radical (unpaired) electrons. The quantitative estimate of drug-likeness (QED) is 0.673. The highest BCUT2D eigenvalue weighted by Gasteiger charge is 2.23. The van der Waals surface area contributed by atoms with Crippen molar-refractivity contribution in [2.45, 2.75) is 25.7 Å². The molecule has 2 aliphatic rings. The topological polar surface area (TPSA) is 78.5 Å². The zero-order chi connectivity index (χ0) is 15.8. The van der Waals surface area contributed by atoms with Crippen LogP contribution in [0.15, 0.2) is 0 Å². The number of carbonyl (C=O) groups excluding carboxylic acids is 1. The Morgan fingerprint density at radius 2 is 1.87 bits per heavy atom. The summed E-state index contributed by atoms with van der Waals surface area (Å²) in [5.41, 5.74) is 0. The van der Waals surface area contributed by atoms with Gasteiger partial charge in [-0.1, -0.05) is 0 Å². The molecule has 0 aromatic rings. The lowest BCUT2D eigenvalue weighted by Crippen LogP contribution is -2.41. The van der Waals surface area contributed by atoms with Gasteiger partial charge in [0.05, 0.1) is 5.75 Å². The van der Waals surface area contributed by atoms with Gasteiger partial charge < -0.3 is 10.6 Å². The Hall–Kier alpha value is -0.0200. The molecule has 2 fully saturated rings. The number of rotatable bonds is 7. The highest BCUT2D eigenvalue weighted by Crippen LogP contribution is 2.17. The smallest absolute Gasteiger partial charge is 0.220 e. The van der Waals surface area contributed by atoms with E-state index in [9.17, 15) is 13.2 Å². The van der Waals surface area contributed by atoms with Crippen molar-refractivity contribution >= 4 is 40.1 Å². The van der Waals surface area contributed by atoms with Crippen molar-refractivity contribution in [3.05, 3.63) is 0 Å². The summed E-state index contributed by atoms with van der Waals surface area (Å²) in [7, 11) is -3.22. The molecule has 0 atom stereocenters. The van der Waals surface area contributed by atoms with Crippen LogP contribution in [0.3, 0.4) is 0 Å². The highest BCUT2D eigenvalue weighted by atomic mass is 35.5. The molecule has 0 unspecified atom stereocenters. The number of amides is 1. The Balaban J connectivity index is 0.00000264. The van der Waals surface area contributed by atoms with Crippen LogP contribution in [0.1, 0.15) is 25.7 Å². The van der Waals surface area contributed by atoms with Crippen molar-refractivity contribution in [1.82, 2.24) is 14.9 Å². The van der Waals surface area contributed by atoms with Crippen molar-refractivity contribution in [2.75, 3.05) is 50.0 Å². The second-order valence-electron chi connectivity index (χ2n) is 5.91. The van der Waals surface area contributed by atoms with Gasteiger partial charge in [0.2, 0.25) is 15.9 Å². The van der Waals surface area contributed by atoms with Crippen LogP contribution >= 0.6 is 24.2 Å². The number of hydrogen-bond donors (Lipinski definition) is 2. The fourth-order valence-electron chi connectivity index (χ4n) is 2.87. The van der Waals surface area contributed by atoms with Crippen LogP contribution in [0.25, 0.3) is 0 Å². The molecule has 2 heterocycles. The maximum Gasteiger partial charge on any atom is 0.220 e. The first kappa shape index (κ1) is 21.0. The second-order valence-corrected chi connectivity index (χ2v) is 9.22. The lowest BCUT2D eigenvalue weighted by Gasteiger charge is -2.25. The number of sulfonamides is 1. The molecule has 1 amide bonds. The average molecular weight is 386 g/mol. The van der Waals surface area contributed by atoms with Gasteiger partial charge in [0.15, 0.2) is 0 Å². The molecule has 0 bridgehead atoms. The van der Waals surface area contributed by atoms with Crippen LogP contribution in [-0.2, 0) is 14.8 Å². The van der Waals surface area contributed by atoms with Crippen molar-refractivity contribution < 1.29 is 13.2 Å². The van der Waals surface area contributed by atoms with E-state index in [0.29, 0.717) is 25.4 Å². The van der Waals surface area contributed by atoms with E-state index in [1.165, 1.54) is 0 Å². The Morgan fingerprint density at radius 3 is 2.52 bits per heavy atom. The molecule has 2 aliphatic heterocycles. The molecule has 0 spiro atoms. The van der Waals surface area contributed by atoms with E-state index >= 15 is 0 Å². The minimum atomic E-state index is -3.22. The van der Waals surface area contributed by atoms with Crippen molar-refractivity contribution in [2.24, 2.45) is 5.92 Å².